The van der Waals surface area contributed by atoms with Crippen molar-refractivity contribution in [2.24, 2.45) is 0 Å². The Labute approximate surface area is 184 Å². The third-order valence-corrected chi connectivity index (χ3v) is 5.17. The van der Waals surface area contributed by atoms with Crippen LogP contribution in [0.1, 0.15) is 17.3 Å². The van der Waals surface area contributed by atoms with Crippen molar-refractivity contribution in [3.63, 3.8) is 0 Å². The van der Waals surface area contributed by atoms with Gasteiger partial charge in [0.25, 0.3) is 5.91 Å². The highest BCUT2D eigenvalue weighted by atomic mass is 127. The molecule has 1 amide bonds. The van der Waals surface area contributed by atoms with Crippen LogP contribution in [0.2, 0.25) is 0 Å². The molecule has 0 radical (unpaired) electrons. The summed E-state index contributed by atoms with van der Waals surface area (Å²) >= 11 is 2.29. The van der Waals surface area contributed by atoms with Crippen molar-refractivity contribution in [1.29, 1.82) is 0 Å². The second-order valence-electron chi connectivity index (χ2n) is 6.42. The number of carbonyl (C=O) groups is 1. The predicted octanol–water partition coefficient (Wildman–Crippen LogP) is 3.69. The number of aromatic nitrogens is 3. The van der Waals surface area contributed by atoms with Crippen LogP contribution in [-0.2, 0) is 0 Å². The molecule has 0 saturated heterocycles. The third-order valence-electron chi connectivity index (χ3n) is 4.50. The molecule has 0 saturated carbocycles. The number of anilines is 3. The van der Waals surface area contributed by atoms with Crippen molar-refractivity contribution in [1.82, 2.24) is 15.0 Å². The number of rotatable bonds is 8. The van der Waals surface area contributed by atoms with Gasteiger partial charge < -0.3 is 15.1 Å². The molecule has 150 valence electrons. The van der Waals surface area contributed by atoms with Gasteiger partial charge in [0.1, 0.15) is 5.82 Å². The average molecular weight is 502 g/mol. The Morgan fingerprint density at radius 3 is 2.62 bits per heavy atom. The molecule has 0 fully saturated rings. The van der Waals surface area contributed by atoms with Crippen LogP contribution >= 0.6 is 22.6 Å². The minimum atomic E-state index is -0.173. The van der Waals surface area contributed by atoms with Crippen LogP contribution in [0.4, 0.5) is 17.2 Å². The van der Waals surface area contributed by atoms with E-state index < -0.39 is 0 Å². The van der Waals surface area contributed by atoms with Crippen LogP contribution in [0.15, 0.2) is 61.3 Å². The van der Waals surface area contributed by atoms with Crippen molar-refractivity contribution in [2.45, 2.75) is 6.92 Å². The molecule has 7 nitrogen and oxygen atoms in total. The lowest BCUT2D eigenvalue weighted by Crippen LogP contribution is -2.34. The van der Waals surface area contributed by atoms with Crippen LogP contribution in [0.25, 0.3) is 0 Å². The van der Waals surface area contributed by atoms with Gasteiger partial charge in [-0.25, -0.2) is 4.98 Å². The summed E-state index contributed by atoms with van der Waals surface area (Å²) in [5.74, 6) is 0.657. The lowest BCUT2D eigenvalue weighted by Gasteiger charge is -2.28. The van der Waals surface area contributed by atoms with Gasteiger partial charge in [0.15, 0.2) is 0 Å². The molecule has 1 N–H and O–H groups in total. The first kappa shape index (κ1) is 21.0. The van der Waals surface area contributed by atoms with Crippen LogP contribution < -0.4 is 15.1 Å². The van der Waals surface area contributed by atoms with Crippen LogP contribution in [0.3, 0.4) is 0 Å². The summed E-state index contributed by atoms with van der Waals surface area (Å²) in [6.07, 6.45) is 8.32. The van der Waals surface area contributed by atoms with Gasteiger partial charge in [-0.1, -0.05) is 0 Å². The summed E-state index contributed by atoms with van der Waals surface area (Å²) in [5, 5.41) is 3.03. The third kappa shape index (κ3) is 5.63. The van der Waals surface area contributed by atoms with Gasteiger partial charge >= 0.3 is 0 Å². The van der Waals surface area contributed by atoms with Crippen molar-refractivity contribution in [3.05, 3.63) is 70.4 Å². The number of halogens is 1. The maximum atomic E-state index is 12.6. The van der Waals surface area contributed by atoms with Crippen LogP contribution in [0, 0.1) is 3.57 Å². The van der Waals surface area contributed by atoms with Crippen molar-refractivity contribution in [3.8, 4) is 0 Å². The molecule has 0 atom stereocenters. The zero-order chi connectivity index (χ0) is 20.6. The summed E-state index contributed by atoms with van der Waals surface area (Å²) < 4.78 is 1.11. The molecule has 0 unspecified atom stereocenters. The zero-order valence-corrected chi connectivity index (χ0v) is 18.6. The Balaban J connectivity index is 1.76. The molecule has 0 aliphatic carbocycles. The van der Waals surface area contributed by atoms with Crippen molar-refractivity contribution >= 4 is 45.7 Å². The monoisotopic (exact) mass is 502 g/mol. The Hall–Kier alpha value is -2.75. The molecule has 8 heteroatoms. The van der Waals surface area contributed by atoms with Crippen LogP contribution in [0.5, 0.6) is 0 Å². The molecule has 0 bridgehead atoms. The van der Waals surface area contributed by atoms with E-state index in [0.29, 0.717) is 5.56 Å². The number of amides is 1. The highest BCUT2D eigenvalue weighted by Crippen LogP contribution is 2.28. The van der Waals surface area contributed by atoms with Gasteiger partial charge in [-0.2, -0.15) is 0 Å². The minimum absolute atomic E-state index is 0.173. The minimum Gasteiger partial charge on any atom is -0.368 e. The average Bonchev–Trinajstić information content (AvgIpc) is 2.77. The fourth-order valence-corrected chi connectivity index (χ4v) is 3.36. The first-order chi connectivity index (χ1) is 14.1. The Morgan fingerprint density at radius 1 is 1.10 bits per heavy atom. The second-order valence-corrected chi connectivity index (χ2v) is 7.67. The first-order valence-electron chi connectivity index (χ1n) is 9.31. The maximum Gasteiger partial charge on any atom is 0.257 e. The molecular weight excluding hydrogens is 479 g/mol. The highest BCUT2D eigenvalue weighted by molar-refractivity contribution is 14.1. The van der Waals surface area contributed by atoms with Gasteiger partial charge in [0, 0.05) is 55.0 Å². The molecule has 0 aliphatic rings. The SMILES string of the molecule is CCN(CCN(C)c1cnccn1)c1cc(I)ccc1NC(=O)c1cccnc1. The van der Waals surface area contributed by atoms with Crippen LogP contribution in [-0.4, -0.2) is 47.5 Å². The number of nitrogens with zero attached hydrogens (tertiary/aromatic N) is 5. The summed E-state index contributed by atoms with van der Waals surface area (Å²) in [5.41, 5.74) is 2.30. The van der Waals surface area contributed by atoms with Crippen molar-refractivity contribution in [2.75, 3.05) is 41.8 Å². The topological polar surface area (TPSA) is 74.2 Å². The number of benzene rings is 1. The Kier molecular flexibility index (Phi) is 7.34. The summed E-state index contributed by atoms with van der Waals surface area (Å²) in [7, 11) is 2.00. The quantitative estimate of drug-likeness (QED) is 0.474. The van der Waals surface area contributed by atoms with Gasteiger partial charge in [0.2, 0.25) is 0 Å². The van der Waals surface area contributed by atoms with Gasteiger partial charge in [-0.3, -0.25) is 14.8 Å². The molecule has 0 aliphatic heterocycles. The van der Waals surface area contributed by atoms with E-state index in [0.717, 1.165) is 40.4 Å². The first-order valence-corrected chi connectivity index (χ1v) is 10.4. The molecular formula is C21H23IN6O. The summed E-state index contributed by atoms with van der Waals surface area (Å²) in [6, 6.07) is 9.53. The largest absolute Gasteiger partial charge is 0.368 e. The van der Waals surface area contributed by atoms with E-state index >= 15 is 0 Å². The smallest absolute Gasteiger partial charge is 0.257 e. The van der Waals surface area contributed by atoms with E-state index in [2.05, 4.69) is 65.6 Å². The number of hydrogen-bond donors (Lipinski definition) is 1. The number of likely N-dealkylation sites (N-methyl/N-ethyl adjacent to an activating group) is 2. The molecule has 0 spiro atoms. The lowest BCUT2D eigenvalue weighted by molar-refractivity contribution is 0.102. The number of hydrogen-bond acceptors (Lipinski definition) is 6. The van der Waals surface area contributed by atoms with Gasteiger partial charge in [-0.05, 0) is 59.8 Å². The molecule has 3 rings (SSSR count). The molecule has 3 aromatic rings. The molecule has 2 heterocycles. The van der Waals surface area contributed by atoms with Gasteiger partial charge in [0.05, 0.1) is 23.1 Å². The zero-order valence-electron chi connectivity index (χ0n) is 16.4. The van der Waals surface area contributed by atoms with Crippen molar-refractivity contribution < 1.29 is 4.79 Å². The number of pyridine rings is 1. The second kappa shape index (κ2) is 10.1. The van der Waals surface area contributed by atoms with E-state index in [-0.39, 0.29) is 5.91 Å². The maximum absolute atomic E-state index is 12.6. The van der Waals surface area contributed by atoms with E-state index in [9.17, 15) is 4.79 Å². The number of nitrogens with one attached hydrogen (secondary N) is 1. The van der Waals surface area contributed by atoms with E-state index in [4.69, 9.17) is 0 Å². The lowest BCUT2D eigenvalue weighted by atomic mass is 10.2. The Morgan fingerprint density at radius 2 is 1.93 bits per heavy atom. The number of carbonyl (C=O) groups excluding carboxylic acids is 1. The van der Waals surface area contributed by atoms with E-state index in [1.807, 2.05) is 19.2 Å². The fourth-order valence-electron chi connectivity index (χ4n) is 2.89. The molecule has 2 aromatic heterocycles. The fraction of sp³-hybridized carbons (Fsp3) is 0.238. The summed E-state index contributed by atoms with van der Waals surface area (Å²) in [4.78, 5) is 29.4. The normalized spacial score (nSPS) is 10.4. The predicted molar refractivity (Wildman–Crippen MR) is 125 cm³/mol. The summed E-state index contributed by atoms with van der Waals surface area (Å²) in [6.45, 7) is 4.46. The van der Waals surface area contributed by atoms with Gasteiger partial charge in [-0.15, -0.1) is 0 Å². The highest BCUT2D eigenvalue weighted by Gasteiger charge is 2.15. The Bertz CT molecular complexity index is 938. The molecule has 29 heavy (non-hydrogen) atoms. The van der Waals surface area contributed by atoms with E-state index in [1.54, 1.807) is 43.1 Å². The standard InChI is InChI=1S/C21H23IN6O/c1-3-28(12-11-27(2)20-15-24-9-10-25-20)19-13-17(22)6-7-18(19)26-21(29)16-5-4-8-23-14-16/h4-10,13-15H,3,11-12H2,1-2H3,(H,26,29). The van der Waals surface area contributed by atoms with E-state index in [1.165, 1.54) is 0 Å². The molecule has 1 aromatic carbocycles.